The van der Waals surface area contributed by atoms with Crippen LogP contribution in [0.5, 0.6) is 11.5 Å². The van der Waals surface area contributed by atoms with E-state index in [1.54, 1.807) is 24.3 Å². The van der Waals surface area contributed by atoms with Crippen molar-refractivity contribution in [1.82, 2.24) is 0 Å². The molecule has 0 radical (unpaired) electrons. The molecule has 0 aliphatic carbocycles. The number of halogens is 1. The molecule has 3 heteroatoms. The van der Waals surface area contributed by atoms with E-state index < -0.39 is 0 Å². The molecule has 1 unspecified atom stereocenters. The number of hydrogen-bond acceptors (Lipinski definition) is 2. The highest BCUT2D eigenvalue weighted by Gasteiger charge is 2.07. The fourth-order valence-corrected chi connectivity index (χ4v) is 1.70. The van der Waals surface area contributed by atoms with Crippen LogP contribution in [0.15, 0.2) is 48.5 Å². The van der Waals surface area contributed by atoms with Crippen molar-refractivity contribution in [3.8, 4) is 11.5 Å². The fourth-order valence-electron chi connectivity index (χ4n) is 1.70. The van der Waals surface area contributed by atoms with E-state index in [0.717, 1.165) is 12.0 Å². The molecule has 0 aliphatic rings. The summed E-state index contributed by atoms with van der Waals surface area (Å²) in [6.45, 7) is 2.02. The minimum Gasteiger partial charge on any atom is -0.454 e. The van der Waals surface area contributed by atoms with Crippen LogP contribution in [-0.4, -0.2) is 0 Å². The lowest BCUT2D eigenvalue weighted by Gasteiger charge is -2.12. The molecule has 2 N–H and O–H groups in total. The maximum absolute atomic E-state index is 13.5. The molecule has 2 aromatic rings. The van der Waals surface area contributed by atoms with E-state index in [1.165, 1.54) is 6.07 Å². The van der Waals surface area contributed by atoms with Gasteiger partial charge in [0, 0.05) is 6.04 Å². The molecule has 18 heavy (non-hydrogen) atoms. The van der Waals surface area contributed by atoms with Gasteiger partial charge < -0.3 is 10.5 Å². The van der Waals surface area contributed by atoms with Gasteiger partial charge in [-0.05, 0) is 36.2 Å². The third-order valence-electron chi connectivity index (χ3n) is 2.79. The summed E-state index contributed by atoms with van der Waals surface area (Å²) in [6, 6.07) is 13.8. The van der Waals surface area contributed by atoms with Crippen LogP contribution in [0.1, 0.15) is 24.9 Å². The van der Waals surface area contributed by atoms with Gasteiger partial charge in [0.05, 0.1) is 0 Å². The van der Waals surface area contributed by atoms with Gasteiger partial charge in [-0.15, -0.1) is 0 Å². The first-order valence-corrected chi connectivity index (χ1v) is 5.98. The molecule has 0 saturated heterocycles. The first-order valence-electron chi connectivity index (χ1n) is 5.98. The van der Waals surface area contributed by atoms with Crippen LogP contribution in [0.4, 0.5) is 4.39 Å². The minimum absolute atomic E-state index is 0.0193. The molecule has 0 aromatic heterocycles. The Bertz CT molecular complexity index is 527. The van der Waals surface area contributed by atoms with E-state index in [0.29, 0.717) is 5.75 Å². The van der Waals surface area contributed by atoms with Crippen LogP contribution in [0.25, 0.3) is 0 Å². The molecule has 1 atom stereocenters. The third kappa shape index (κ3) is 2.87. The molecule has 94 valence electrons. The van der Waals surface area contributed by atoms with Gasteiger partial charge in [-0.2, -0.15) is 0 Å². The second kappa shape index (κ2) is 5.65. The molecule has 0 fully saturated rings. The highest BCUT2D eigenvalue weighted by molar-refractivity contribution is 5.35. The molecule has 0 saturated carbocycles. The van der Waals surface area contributed by atoms with Crippen LogP contribution in [-0.2, 0) is 0 Å². The zero-order chi connectivity index (χ0) is 13.0. The summed E-state index contributed by atoms with van der Waals surface area (Å²) in [5, 5.41) is 0. The SMILES string of the molecule is CCC(N)c1cccc(Oc2ccccc2F)c1. The van der Waals surface area contributed by atoms with Crippen molar-refractivity contribution in [1.29, 1.82) is 0 Å². The summed E-state index contributed by atoms with van der Waals surface area (Å²) in [4.78, 5) is 0. The molecular formula is C15H16FNO. The highest BCUT2D eigenvalue weighted by atomic mass is 19.1. The molecule has 2 nitrogen and oxygen atoms in total. The Labute approximate surface area is 106 Å². The second-order valence-corrected chi connectivity index (χ2v) is 4.12. The van der Waals surface area contributed by atoms with Crippen LogP contribution in [0.2, 0.25) is 0 Å². The Hall–Kier alpha value is -1.87. The lowest BCUT2D eigenvalue weighted by molar-refractivity contribution is 0.441. The lowest BCUT2D eigenvalue weighted by Crippen LogP contribution is -2.08. The molecule has 0 spiro atoms. The van der Waals surface area contributed by atoms with Gasteiger partial charge >= 0.3 is 0 Å². The average Bonchev–Trinajstić information content (AvgIpc) is 2.41. The predicted octanol–water partition coefficient (Wildman–Crippen LogP) is 4.03. The summed E-state index contributed by atoms with van der Waals surface area (Å²) in [6.07, 6.45) is 0.850. The van der Waals surface area contributed by atoms with Gasteiger partial charge in [0.2, 0.25) is 0 Å². The van der Waals surface area contributed by atoms with Crippen molar-refractivity contribution in [3.63, 3.8) is 0 Å². The van der Waals surface area contributed by atoms with E-state index in [1.807, 2.05) is 25.1 Å². The zero-order valence-electron chi connectivity index (χ0n) is 10.3. The van der Waals surface area contributed by atoms with Gasteiger partial charge in [0.1, 0.15) is 5.75 Å². The Morgan fingerprint density at radius 1 is 1.17 bits per heavy atom. The standard InChI is InChI=1S/C15H16FNO/c1-2-14(17)11-6-5-7-12(10-11)18-15-9-4-3-8-13(15)16/h3-10,14H,2,17H2,1H3. The maximum atomic E-state index is 13.5. The second-order valence-electron chi connectivity index (χ2n) is 4.12. The first kappa shape index (κ1) is 12.6. The molecular weight excluding hydrogens is 229 g/mol. The molecule has 0 amide bonds. The summed E-state index contributed by atoms with van der Waals surface area (Å²) in [5.74, 6) is 0.448. The van der Waals surface area contributed by atoms with E-state index >= 15 is 0 Å². The lowest BCUT2D eigenvalue weighted by atomic mass is 10.1. The van der Waals surface area contributed by atoms with E-state index in [4.69, 9.17) is 10.5 Å². The van der Waals surface area contributed by atoms with Gasteiger partial charge in [-0.3, -0.25) is 0 Å². The first-order chi connectivity index (χ1) is 8.70. The van der Waals surface area contributed by atoms with Crippen molar-refractivity contribution < 1.29 is 9.13 Å². The quantitative estimate of drug-likeness (QED) is 0.882. The van der Waals surface area contributed by atoms with Crippen LogP contribution >= 0.6 is 0 Å². The van der Waals surface area contributed by atoms with E-state index in [2.05, 4.69) is 0 Å². The summed E-state index contributed by atoms with van der Waals surface area (Å²) >= 11 is 0. The zero-order valence-corrected chi connectivity index (χ0v) is 10.3. The number of benzene rings is 2. The largest absolute Gasteiger partial charge is 0.454 e. The normalized spacial score (nSPS) is 12.2. The molecule has 0 aliphatic heterocycles. The molecule has 0 bridgehead atoms. The van der Waals surface area contributed by atoms with Crippen LogP contribution in [0.3, 0.4) is 0 Å². The topological polar surface area (TPSA) is 35.2 Å². The predicted molar refractivity (Wildman–Crippen MR) is 70.1 cm³/mol. The van der Waals surface area contributed by atoms with E-state index in [-0.39, 0.29) is 17.6 Å². The van der Waals surface area contributed by atoms with Crippen molar-refractivity contribution in [2.24, 2.45) is 5.73 Å². The van der Waals surface area contributed by atoms with Crippen LogP contribution < -0.4 is 10.5 Å². The number of hydrogen-bond donors (Lipinski definition) is 1. The number of para-hydroxylation sites is 1. The average molecular weight is 245 g/mol. The summed E-state index contributed by atoms with van der Waals surface area (Å²) in [5.41, 5.74) is 6.95. The smallest absolute Gasteiger partial charge is 0.165 e. The van der Waals surface area contributed by atoms with E-state index in [9.17, 15) is 4.39 Å². The summed E-state index contributed by atoms with van der Waals surface area (Å²) < 4.78 is 19.0. The maximum Gasteiger partial charge on any atom is 0.165 e. The molecule has 2 aromatic carbocycles. The fraction of sp³-hybridized carbons (Fsp3) is 0.200. The summed E-state index contributed by atoms with van der Waals surface area (Å²) in [7, 11) is 0. The van der Waals surface area contributed by atoms with Gasteiger partial charge in [0.15, 0.2) is 11.6 Å². The Morgan fingerprint density at radius 3 is 2.67 bits per heavy atom. The number of rotatable bonds is 4. The monoisotopic (exact) mass is 245 g/mol. The Balaban J connectivity index is 2.22. The van der Waals surface area contributed by atoms with Crippen LogP contribution in [0, 0.1) is 5.82 Å². The Kier molecular flexibility index (Phi) is 3.95. The highest BCUT2D eigenvalue weighted by Crippen LogP contribution is 2.26. The van der Waals surface area contributed by atoms with Crippen molar-refractivity contribution in [2.75, 3.05) is 0 Å². The Morgan fingerprint density at radius 2 is 1.94 bits per heavy atom. The van der Waals surface area contributed by atoms with Crippen molar-refractivity contribution >= 4 is 0 Å². The molecule has 2 rings (SSSR count). The number of nitrogens with two attached hydrogens (primary N) is 1. The van der Waals surface area contributed by atoms with Gasteiger partial charge in [-0.25, -0.2) is 4.39 Å². The van der Waals surface area contributed by atoms with Gasteiger partial charge in [-0.1, -0.05) is 31.2 Å². The number of ether oxygens (including phenoxy) is 1. The van der Waals surface area contributed by atoms with Gasteiger partial charge in [0.25, 0.3) is 0 Å². The minimum atomic E-state index is -0.373. The third-order valence-corrected chi connectivity index (χ3v) is 2.79. The van der Waals surface area contributed by atoms with Crippen molar-refractivity contribution in [2.45, 2.75) is 19.4 Å². The van der Waals surface area contributed by atoms with Crippen molar-refractivity contribution in [3.05, 3.63) is 59.9 Å². The molecule has 0 heterocycles.